The van der Waals surface area contributed by atoms with Crippen molar-refractivity contribution in [3.63, 3.8) is 0 Å². The summed E-state index contributed by atoms with van der Waals surface area (Å²) in [5.41, 5.74) is 6.16. The zero-order valence-corrected chi connectivity index (χ0v) is 12.4. The van der Waals surface area contributed by atoms with Crippen LogP contribution in [0.3, 0.4) is 0 Å². The second kappa shape index (κ2) is 6.76. The van der Waals surface area contributed by atoms with Crippen LogP contribution in [0.25, 0.3) is 22.4 Å². The van der Waals surface area contributed by atoms with E-state index in [1.165, 1.54) is 27.9 Å². The fourth-order valence-corrected chi connectivity index (χ4v) is 2.17. The summed E-state index contributed by atoms with van der Waals surface area (Å²) in [7, 11) is 0. The van der Waals surface area contributed by atoms with E-state index in [2.05, 4.69) is 66.5 Å². The topological polar surface area (TPSA) is 15.8 Å². The molecule has 3 rings (SSSR count). The highest BCUT2D eigenvalue weighted by Crippen LogP contribution is 2.25. The maximum atomic E-state index is 3.30. The summed E-state index contributed by atoms with van der Waals surface area (Å²) < 4.78 is 0. The predicted octanol–water partition coefficient (Wildman–Crippen LogP) is 5.68. The van der Waals surface area contributed by atoms with E-state index in [1.54, 1.807) is 0 Å². The van der Waals surface area contributed by atoms with Gasteiger partial charge in [-0.2, -0.15) is 0 Å². The summed E-state index contributed by atoms with van der Waals surface area (Å²) in [5, 5.41) is 0. The van der Waals surface area contributed by atoms with E-state index in [1.807, 2.05) is 26.1 Å². The Morgan fingerprint density at radius 3 is 2.00 bits per heavy atom. The van der Waals surface area contributed by atoms with Crippen molar-refractivity contribution < 1.29 is 0 Å². The van der Waals surface area contributed by atoms with Crippen LogP contribution in [0.5, 0.6) is 0 Å². The molecule has 2 aromatic carbocycles. The molecule has 0 bridgehead atoms. The normalized spacial score (nSPS) is 9.75. The summed E-state index contributed by atoms with van der Waals surface area (Å²) in [6, 6.07) is 21.2. The summed E-state index contributed by atoms with van der Waals surface area (Å²) >= 11 is 0. The SMILES string of the molecule is CC.Cc1c[nH]c(-c2cccc(-c3ccccc3)c2)c1. The standard InChI is InChI=1S/C17H15N.C2H6/c1-13-10-17(18-12-13)16-9-5-8-15(11-16)14-6-3-2-4-7-14;1-2/h2-12,18H,1H3;1-2H3. The Bertz CT molecular complexity index is 650. The molecule has 0 fully saturated rings. The van der Waals surface area contributed by atoms with Crippen LogP contribution in [0.2, 0.25) is 0 Å². The molecule has 0 aliphatic rings. The lowest BCUT2D eigenvalue weighted by molar-refractivity contribution is 1.38. The number of rotatable bonds is 2. The minimum atomic E-state index is 1.17. The molecule has 0 atom stereocenters. The summed E-state index contributed by atoms with van der Waals surface area (Å²) in [6.45, 7) is 6.10. The van der Waals surface area contributed by atoms with Crippen molar-refractivity contribution in [3.8, 4) is 22.4 Å². The van der Waals surface area contributed by atoms with E-state index in [4.69, 9.17) is 0 Å². The van der Waals surface area contributed by atoms with Gasteiger partial charge in [-0.1, -0.05) is 62.4 Å². The number of benzene rings is 2. The summed E-state index contributed by atoms with van der Waals surface area (Å²) in [4.78, 5) is 3.30. The predicted molar refractivity (Wildman–Crippen MR) is 87.7 cm³/mol. The molecular formula is C19H21N. The van der Waals surface area contributed by atoms with Crippen LogP contribution in [0, 0.1) is 6.92 Å². The van der Waals surface area contributed by atoms with Gasteiger partial charge in [-0.05, 0) is 41.3 Å². The van der Waals surface area contributed by atoms with Crippen molar-refractivity contribution in [1.82, 2.24) is 4.98 Å². The minimum absolute atomic E-state index is 1.17. The number of aromatic amines is 1. The van der Waals surface area contributed by atoms with Gasteiger partial charge in [0.1, 0.15) is 0 Å². The molecule has 102 valence electrons. The van der Waals surface area contributed by atoms with Crippen LogP contribution in [-0.2, 0) is 0 Å². The minimum Gasteiger partial charge on any atom is -0.361 e. The molecule has 1 aromatic heterocycles. The van der Waals surface area contributed by atoms with Crippen molar-refractivity contribution in [2.24, 2.45) is 0 Å². The van der Waals surface area contributed by atoms with Crippen LogP contribution < -0.4 is 0 Å². The maximum Gasteiger partial charge on any atom is 0.0456 e. The van der Waals surface area contributed by atoms with Crippen LogP contribution >= 0.6 is 0 Å². The van der Waals surface area contributed by atoms with Gasteiger partial charge < -0.3 is 4.98 Å². The average molecular weight is 263 g/mol. The first kappa shape index (κ1) is 14.1. The largest absolute Gasteiger partial charge is 0.361 e. The molecule has 0 saturated heterocycles. The second-order valence-corrected chi connectivity index (χ2v) is 4.54. The molecule has 3 aromatic rings. The van der Waals surface area contributed by atoms with Crippen LogP contribution in [0.15, 0.2) is 66.9 Å². The first-order chi connectivity index (χ1) is 9.83. The molecule has 0 spiro atoms. The van der Waals surface area contributed by atoms with Crippen molar-refractivity contribution in [2.45, 2.75) is 20.8 Å². The van der Waals surface area contributed by atoms with Crippen molar-refractivity contribution in [3.05, 3.63) is 72.4 Å². The molecule has 0 saturated carbocycles. The van der Waals surface area contributed by atoms with E-state index in [0.717, 1.165) is 0 Å². The highest BCUT2D eigenvalue weighted by molar-refractivity contribution is 5.71. The highest BCUT2D eigenvalue weighted by Gasteiger charge is 2.02. The Hall–Kier alpha value is -2.28. The van der Waals surface area contributed by atoms with Crippen LogP contribution in [-0.4, -0.2) is 4.98 Å². The Kier molecular flexibility index (Phi) is 4.78. The van der Waals surface area contributed by atoms with E-state index >= 15 is 0 Å². The lowest BCUT2D eigenvalue weighted by atomic mass is 10.0. The molecule has 0 radical (unpaired) electrons. The summed E-state index contributed by atoms with van der Waals surface area (Å²) in [6.07, 6.45) is 2.03. The van der Waals surface area contributed by atoms with E-state index in [0.29, 0.717) is 0 Å². The molecule has 1 heteroatoms. The second-order valence-electron chi connectivity index (χ2n) is 4.54. The third-order valence-electron chi connectivity index (χ3n) is 3.11. The van der Waals surface area contributed by atoms with E-state index in [-0.39, 0.29) is 0 Å². The molecular weight excluding hydrogens is 242 g/mol. The van der Waals surface area contributed by atoms with Gasteiger partial charge >= 0.3 is 0 Å². The van der Waals surface area contributed by atoms with Gasteiger partial charge in [0.25, 0.3) is 0 Å². The van der Waals surface area contributed by atoms with Gasteiger partial charge in [0.2, 0.25) is 0 Å². The molecule has 1 heterocycles. The quantitative estimate of drug-likeness (QED) is 0.612. The molecule has 0 unspecified atom stereocenters. The third kappa shape index (κ3) is 3.18. The third-order valence-corrected chi connectivity index (χ3v) is 3.11. The van der Waals surface area contributed by atoms with Gasteiger partial charge in [0.05, 0.1) is 0 Å². The number of hydrogen-bond donors (Lipinski definition) is 1. The lowest BCUT2D eigenvalue weighted by Gasteiger charge is -2.04. The number of aromatic nitrogens is 1. The van der Waals surface area contributed by atoms with Gasteiger partial charge in [0.15, 0.2) is 0 Å². The van der Waals surface area contributed by atoms with Crippen molar-refractivity contribution >= 4 is 0 Å². The smallest absolute Gasteiger partial charge is 0.0456 e. The van der Waals surface area contributed by atoms with Crippen molar-refractivity contribution in [1.29, 1.82) is 0 Å². The van der Waals surface area contributed by atoms with Gasteiger partial charge in [-0.25, -0.2) is 0 Å². The molecule has 0 aliphatic carbocycles. The Morgan fingerprint density at radius 2 is 1.35 bits per heavy atom. The summed E-state index contributed by atoms with van der Waals surface area (Å²) in [5.74, 6) is 0. The molecule has 20 heavy (non-hydrogen) atoms. The van der Waals surface area contributed by atoms with Gasteiger partial charge in [0, 0.05) is 11.9 Å². The zero-order valence-electron chi connectivity index (χ0n) is 12.4. The number of nitrogens with one attached hydrogen (secondary N) is 1. The Morgan fingerprint density at radius 1 is 0.700 bits per heavy atom. The Labute approximate surface area is 121 Å². The molecule has 0 aliphatic heterocycles. The van der Waals surface area contributed by atoms with Crippen LogP contribution in [0.4, 0.5) is 0 Å². The lowest BCUT2D eigenvalue weighted by Crippen LogP contribution is -1.80. The fourth-order valence-electron chi connectivity index (χ4n) is 2.17. The van der Waals surface area contributed by atoms with Crippen molar-refractivity contribution in [2.75, 3.05) is 0 Å². The number of hydrogen-bond acceptors (Lipinski definition) is 0. The Balaban J connectivity index is 0.000000704. The van der Waals surface area contributed by atoms with Crippen LogP contribution in [0.1, 0.15) is 19.4 Å². The molecule has 1 nitrogen and oxygen atoms in total. The van der Waals surface area contributed by atoms with Gasteiger partial charge in [-0.3, -0.25) is 0 Å². The zero-order chi connectivity index (χ0) is 14.4. The first-order valence-corrected chi connectivity index (χ1v) is 7.14. The molecule has 0 amide bonds. The van der Waals surface area contributed by atoms with E-state index < -0.39 is 0 Å². The average Bonchev–Trinajstić information content (AvgIpc) is 2.97. The van der Waals surface area contributed by atoms with E-state index in [9.17, 15) is 0 Å². The number of aryl methyl sites for hydroxylation is 1. The monoisotopic (exact) mass is 263 g/mol. The fraction of sp³-hybridized carbons (Fsp3) is 0.158. The first-order valence-electron chi connectivity index (χ1n) is 7.14. The highest BCUT2D eigenvalue weighted by atomic mass is 14.7. The number of H-pyrrole nitrogens is 1. The maximum absolute atomic E-state index is 3.30. The molecule has 1 N–H and O–H groups in total. The van der Waals surface area contributed by atoms with Gasteiger partial charge in [-0.15, -0.1) is 0 Å².